The molecule has 4 N–H and O–H groups in total. The van der Waals surface area contributed by atoms with Crippen molar-refractivity contribution in [3.8, 4) is 22.4 Å². The highest BCUT2D eigenvalue weighted by molar-refractivity contribution is 6.05. The van der Waals surface area contributed by atoms with Crippen LogP contribution < -0.4 is 10.6 Å². The Kier molecular flexibility index (Phi) is 10.6. The number of carbonyl (C=O) groups is 4. The Morgan fingerprint density at radius 1 is 0.810 bits per heavy atom. The minimum atomic E-state index is -0.698. The van der Waals surface area contributed by atoms with Crippen LogP contribution in [0.3, 0.4) is 0 Å². The summed E-state index contributed by atoms with van der Waals surface area (Å²) < 4.78 is 15.4. The van der Waals surface area contributed by atoms with Crippen molar-refractivity contribution >= 4 is 45.8 Å². The maximum Gasteiger partial charge on any atom is 0.407 e. The molecule has 15 nitrogen and oxygen atoms in total. The lowest BCUT2D eigenvalue weighted by atomic mass is 9.89. The molecule has 4 amide bonds. The number of alkyl carbamates (subject to hydrolysis) is 2. The minimum absolute atomic E-state index is 0.0262. The number of amides is 4. The molecule has 5 fully saturated rings. The van der Waals surface area contributed by atoms with Crippen LogP contribution in [0.4, 0.5) is 9.59 Å². The molecule has 3 aliphatic heterocycles. The number of hydrogen-bond acceptors (Lipinski definition) is 9. The van der Waals surface area contributed by atoms with E-state index in [0.29, 0.717) is 43.8 Å². The van der Waals surface area contributed by atoms with Crippen LogP contribution in [0, 0.1) is 29.6 Å². The molecule has 2 aromatic heterocycles. The highest BCUT2D eigenvalue weighted by Gasteiger charge is 2.61. The number of aromatic amines is 2. The number of imidazole rings is 2. The van der Waals surface area contributed by atoms with Gasteiger partial charge >= 0.3 is 12.2 Å². The number of benzene rings is 3. The summed E-state index contributed by atoms with van der Waals surface area (Å²) >= 11 is 0. The summed E-state index contributed by atoms with van der Waals surface area (Å²) in [4.78, 5) is 74.2. The fraction of sp³-hybridized carbons (Fsp3) is 0.500. The summed E-state index contributed by atoms with van der Waals surface area (Å²) in [5.41, 5.74) is 5.80. The monoisotopic (exact) mass is 856 g/mol. The number of piperidine rings is 2. The van der Waals surface area contributed by atoms with Crippen LogP contribution in [-0.2, 0) is 23.8 Å². The average molecular weight is 857 g/mol. The van der Waals surface area contributed by atoms with Crippen LogP contribution in [0.2, 0.25) is 0 Å². The van der Waals surface area contributed by atoms with E-state index in [1.807, 2.05) is 35.9 Å². The molecule has 9 atom stereocenters. The van der Waals surface area contributed by atoms with E-state index in [0.717, 1.165) is 81.5 Å². The second kappa shape index (κ2) is 16.3. The zero-order valence-electron chi connectivity index (χ0n) is 36.4. The summed E-state index contributed by atoms with van der Waals surface area (Å²) in [5, 5.41) is 7.77. The first-order valence-corrected chi connectivity index (χ1v) is 22.5. The van der Waals surface area contributed by atoms with Gasteiger partial charge in [-0.3, -0.25) is 9.59 Å². The number of fused-ring (bicyclic) bond motifs is 6. The highest BCUT2D eigenvalue weighted by Crippen LogP contribution is 2.58. The molecule has 3 aromatic carbocycles. The number of H-pyrrole nitrogens is 2. The molecule has 2 bridgehead atoms. The largest absolute Gasteiger partial charge is 0.453 e. The van der Waals surface area contributed by atoms with E-state index in [1.165, 1.54) is 14.2 Å². The molecule has 2 aliphatic carbocycles. The molecule has 5 heterocycles. The fourth-order valence-corrected chi connectivity index (χ4v) is 11.4. The van der Waals surface area contributed by atoms with E-state index in [9.17, 15) is 19.2 Å². The van der Waals surface area contributed by atoms with Crippen LogP contribution in [-0.4, -0.2) is 105 Å². The van der Waals surface area contributed by atoms with Gasteiger partial charge in [-0.2, -0.15) is 0 Å². The van der Waals surface area contributed by atoms with Crippen molar-refractivity contribution in [1.82, 2.24) is 40.4 Å². The summed E-state index contributed by atoms with van der Waals surface area (Å²) in [5.74, 6) is 2.33. The van der Waals surface area contributed by atoms with Gasteiger partial charge in [-0.05, 0) is 102 Å². The Balaban J connectivity index is 0.869. The fourth-order valence-electron chi connectivity index (χ4n) is 11.4. The van der Waals surface area contributed by atoms with Gasteiger partial charge in [-0.25, -0.2) is 19.6 Å². The van der Waals surface area contributed by atoms with E-state index in [-0.39, 0.29) is 47.8 Å². The average Bonchev–Trinajstić information content (AvgIpc) is 4.04. The lowest BCUT2D eigenvalue weighted by Crippen LogP contribution is -2.55. The van der Waals surface area contributed by atoms with E-state index >= 15 is 0 Å². The number of carbonyl (C=O) groups excluding carboxylic acids is 4. The van der Waals surface area contributed by atoms with Gasteiger partial charge in [0, 0.05) is 30.7 Å². The van der Waals surface area contributed by atoms with Crippen molar-refractivity contribution in [3.05, 3.63) is 72.4 Å². The molecule has 5 aliphatic rings. The first kappa shape index (κ1) is 41.1. The molecule has 4 unspecified atom stereocenters. The summed E-state index contributed by atoms with van der Waals surface area (Å²) in [7, 11) is 2.63. The van der Waals surface area contributed by atoms with Gasteiger partial charge in [-0.1, -0.05) is 63.2 Å². The third-order valence-electron chi connectivity index (χ3n) is 14.8. The van der Waals surface area contributed by atoms with Gasteiger partial charge in [0.05, 0.1) is 49.2 Å². The Hall–Kier alpha value is -5.96. The molecular formula is C48H56N8O7. The van der Waals surface area contributed by atoms with E-state index in [1.54, 1.807) is 0 Å². The number of hydrogen-bond donors (Lipinski definition) is 4. The van der Waals surface area contributed by atoms with Gasteiger partial charge in [0.25, 0.3) is 0 Å². The number of rotatable bonds is 10. The van der Waals surface area contributed by atoms with Gasteiger partial charge in [0.2, 0.25) is 11.8 Å². The lowest BCUT2D eigenvalue weighted by Gasteiger charge is -2.39. The molecule has 10 rings (SSSR count). The van der Waals surface area contributed by atoms with Crippen molar-refractivity contribution in [2.24, 2.45) is 29.6 Å². The Bertz CT molecular complexity index is 2560. The topological polar surface area (TPSA) is 184 Å². The smallest absolute Gasteiger partial charge is 0.407 e. The minimum Gasteiger partial charge on any atom is -0.453 e. The predicted molar refractivity (Wildman–Crippen MR) is 235 cm³/mol. The summed E-state index contributed by atoms with van der Waals surface area (Å²) in [6, 6.07) is 17.5. The first-order valence-electron chi connectivity index (χ1n) is 22.5. The zero-order chi connectivity index (χ0) is 43.7. The number of aromatic nitrogens is 4. The quantitative estimate of drug-likeness (QED) is 0.112. The maximum absolute atomic E-state index is 14.4. The van der Waals surface area contributed by atoms with E-state index < -0.39 is 24.3 Å². The molecule has 2 saturated carbocycles. The zero-order valence-corrected chi connectivity index (χ0v) is 36.4. The van der Waals surface area contributed by atoms with E-state index in [4.69, 9.17) is 24.2 Å². The second-order valence-electron chi connectivity index (χ2n) is 18.6. The number of nitrogens with zero attached hydrogens (tertiary/aromatic N) is 4. The van der Waals surface area contributed by atoms with Crippen LogP contribution in [0.5, 0.6) is 0 Å². The van der Waals surface area contributed by atoms with Gasteiger partial charge in [0.15, 0.2) is 0 Å². The standard InChI is InChI=1S/C48H56N8O7/c1-24(2)38(53-47(59)61-4)45(57)56-37(22-34-25(3)41(34)56)43-50-35-15-12-30-20-29(11-14-33(30)40(35)52-43)26-6-8-27(9-7-26)36-23-49-44(51-36)42-31-10-13-32(21-31)55(42)46(58)39(54-48(60)62-5)28-16-18-63-19-17-28/h6-9,11-12,14-15,20,23-25,28,31-32,34,37-39,41-42H,10,13,16-19,21-22H2,1-5H3,(H,49,51)(H,50,52)(H,53,59)(H,54,60)/t25?,31-,32+,34?,37-,38-,39?,41?,42-/m0/s1. The van der Waals surface area contributed by atoms with Crippen molar-refractivity contribution in [3.63, 3.8) is 0 Å². The Labute approximate surface area is 366 Å². The predicted octanol–water partition coefficient (Wildman–Crippen LogP) is 7.26. The molecule has 15 heteroatoms. The molecule has 5 aromatic rings. The SMILES string of the molecule is COC(=O)NC(C(=O)N1[C@@H]2CC[C@@H](C2)[C@H]1c1ncc(-c2ccc(-c3ccc4c(ccc5nc([C@@H]6CC7C(C)C7N6C(=O)[C@@H](NC(=O)OC)C(C)C)[nH]c54)c3)cc2)[nH]1)C1CCOCC1. The highest BCUT2D eigenvalue weighted by atomic mass is 16.5. The van der Waals surface area contributed by atoms with Gasteiger partial charge < -0.3 is 44.6 Å². The van der Waals surface area contributed by atoms with Gasteiger partial charge in [-0.15, -0.1) is 0 Å². The second-order valence-corrected chi connectivity index (χ2v) is 18.6. The molecule has 0 spiro atoms. The van der Waals surface area contributed by atoms with Crippen molar-refractivity contribution in [2.75, 3.05) is 27.4 Å². The number of ether oxygens (including phenoxy) is 3. The Morgan fingerprint density at radius 3 is 2.29 bits per heavy atom. The van der Waals surface area contributed by atoms with Crippen molar-refractivity contribution in [2.45, 2.75) is 95.5 Å². The van der Waals surface area contributed by atoms with Gasteiger partial charge in [0.1, 0.15) is 23.7 Å². The van der Waals surface area contributed by atoms with Crippen LogP contribution in [0.25, 0.3) is 44.2 Å². The van der Waals surface area contributed by atoms with E-state index in [2.05, 4.69) is 76.1 Å². The summed E-state index contributed by atoms with van der Waals surface area (Å²) in [6.07, 6.45) is 5.77. The maximum atomic E-state index is 14.4. The molecule has 330 valence electrons. The van der Waals surface area contributed by atoms with Crippen LogP contribution >= 0.6 is 0 Å². The van der Waals surface area contributed by atoms with Crippen LogP contribution in [0.15, 0.2) is 60.8 Å². The number of nitrogens with one attached hydrogen (secondary N) is 4. The number of likely N-dealkylation sites (tertiary alicyclic amines) is 2. The third-order valence-corrected chi connectivity index (χ3v) is 14.8. The number of methoxy groups -OCH3 is 2. The lowest BCUT2D eigenvalue weighted by molar-refractivity contribution is -0.140. The van der Waals surface area contributed by atoms with Crippen LogP contribution in [0.1, 0.15) is 83.0 Å². The molecule has 63 heavy (non-hydrogen) atoms. The molecule has 0 radical (unpaired) electrons. The molecular weight excluding hydrogens is 801 g/mol. The van der Waals surface area contributed by atoms with Crippen molar-refractivity contribution < 1.29 is 33.4 Å². The normalized spacial score (nSPS) is 26.2. The third kappa shape index (κ3) is 7.27. The first-order chi connectivity index (χ1) is 30.5. The summed E-state index contributed by atoms with van der Waals surface area (Å²) in [6.45, 7) is 7.18. The van der Waals surface area contributed by atoms with Crippen molar-refractivity contribution in [1.29, 1.82) is 0 Å². The molecule has 3 saturated heterocycles. The Morgan fingerprint density at radius 2 is 1.54 bits per heavy atom.